The van der Waals surface area contributed by atoms with Gasteiger partial charge in [-0.2, -0.15) is 0 Å². The molecule has 1 aliphatic heterocycles. The summed E-state index contributed by atoms with van der Waals surface area (Å²) in [7, 11) is 0. The molecule has 5 nitrogen and oxygen atoms in total. The summed E-state index contributed by atoms with van der Waals surface area (Å²) in [6.07, 6.45) is 39.5. The second-order valence-corrected chi connectivity index (χ2v) is 15.8. The molecule has 0 saturated carbocycles. The van der Waals surface area contributed by atoms with Crippen LogP contribution < -0.4 is 0 Å². The number of allylic oxidation sites excluding steroid dienone is 1. The Hall–Kier alpha value is -1.07. The molecule has 5 heteroatoms. The third kappa shape index (κ3) is 26.7. The average Bonchev–Trinajstić information content (AvgIpc) is 3.11. The number of ether oxygens (including phenoxy) is 2. The Bertz CT molecular complexity index is 739. The molecule has 0 aromatic rings. The zero-order chi connectivity index (χ0) is 36.3. The summed E-state index contributed by atoms with van der Waals surface area (Å²) in [6.45, 7) is 13.9. The number of carbonyl (C=O) groups excluding carboxylic acids is 1. The summed E-state index contributed by atoms with van der Waals surface area (Å²) < 4.78 is 12.0. The maximum Gasteiger partial charge on any atom is 0.305 e. The Morgan fingerprint density at radius 1 is 0.680 bits per heavy atom. The lowest BCUT2D eigenvalue weighted by Crippen LogP contribution is -2.46. The van der Waals surface area contributed by atoms with Crippen molar-refractivity contribution in [1.29, 1.82) is 0 Å². The van der Waals surface area contributed by atoms with Gasteiger partial charge in [-0.3, -0.25) is 9.69 Å². The molecule has 0 aromatic heterocycles. The van der Waals surface area contributed by atoms with E-state index in [1.54, 1.807) is 0 Å². The van der Waals surface area contributed by atoms with E-state index in [0.717, 1.165) is 51.0 Å². The maximum absolute atomic E-state index is 12.3. The van der Waals surface area contributed by atoms with Crippen molar-refractivity contribution in [2.45, 2.75) is 238 Å². The van der Waals surface area contributed by atoms with Gasteiger partial charge in [0, 0.05) is 25.4 Å². The number of piperidine rings is 1. The highest BCUT2D eigenvalue weighted by atomic mass is 16.5. The van der Waals surface area contributed by atoms with Crippen molar-refractivity contribution in [3.05, 3.63) is 12.3 Å². The van der Waals surface area contributed by atoms with Gasteiger partial charge >= 0.3 is 5.97 Å². The fraction of sp³-hybridized carbons (Fsp3) is 0.933. The second kappa shape index (κ2) is 35.0. The van der Waals surface area contributed by atoms with Crippen LogP contribution in [0.2, 0.25) is 0 Å². The molecular weight excluding hydrogens is 618 g/mol. The van der Waals surface area contributed by atoms with Gasteiger partial charge in [0.2, 0.25) is 0 Å². The van der Waals surface area contributed by atoms with E-state index in [2.05, 4.69) is 32.3 Å². The lowest BCUT2D eigenvalue weighted by atomic mass is 9.82. The van der Waals surface area contributed by atoms with Gasteiger partial charge in [-0.15, -0.1) is 0 Å². The third-order valence-corrected chi connectivity index (χ3v) is 11.2. The highest BCUT2D eigenvalue weighted by Gasteiger charge is 2.30. The summed E-state index contributed by atoms with van der Waals surface area (Å²) in [5.74, 6) is 1.66. The molecule has 0 spiro atoms. The quantitative estimate of drug-likeness (QED) is 0.0396. The molecule has 1 N–H and O–H groups in total. The van der Waals surface area contributed by atoms with Crippen molar-refractivity contribution in [3.8, 4) is 0 Å². The average molecular weight is 706 g/mol. The molecule has 2 atom stereocenters. The highest BCUT2D eigenvalue weighted by molar-refractivity contribution is 5.69. The number of rotatable bonds is 37. The molecule has 0 amide bonds. The number of aliphatic hydroxyl groups is 1. The Balaban J connectivity index is 2.37. The van der Waals surface area contributed by atoms with Crippen LogP contribution in [-0.4, -0.2) is 54.4 Å². The van der Waals surface area contributed by atoms with Gasteiger partial charge in [-0.1, -0.05) is 149 Å². The van der Waals surface area contributed by atoms with Gasteiger partial charge in [-0.05, 0) is 83.1 Å². The zero-order valence-electron chi connectivity index (χ0n) is 34.0. The number of unbranched alkanes of at least 4 members (excludes halogenated alkanes) is 19. The minimum absolute atomic E-state index is 0.0141. The Morgan fingerprint density at radius 3 is 1.80 bits per heavy atom. The number of carbonyl (C=O) groups is 1. The molecule has 2 unspecified atom stereocenters. The zero-order valence-corrected chi connectivity index (χ0v) is 34.0. The first-order chi connectivity index (χ1) is 24.5. The Morgan fingerprint density at radius 2 is 1.20 bits per heavy atom. The van der Waals surface area contributed by atoms with Crippen LogP contribution in [0, 0.1) is 5.92 Å². The molecule has 0 aromatic carbocycles. The lowest BCUT2D eigenvalue weighted by molar-refractivity contribution is -0.143. The molecule has 0 aliphatic carbocycles. The van der Waals surface area contributed by atoms with Crippen molar-refractivity contribution in [3.63, 3.8) is 0 Å². The number of esters is 1. The number of nitrogens with zero attached hydrogens (tertiary/aromatic N) is 1. The van der Waals surface area contributed by atoms with Gasteiger partial charge in [0.1, 0.15) is 0 Å². The van der Waals surface area contributed by atoms with E-state index in [1.807, 2.05) is 0 Å². The van der Waals surface area contributed by atoms with Crippen molar-refractivity contribution in [2.24, 2.45) is 5.92 Å². The van der Waals surface area contributed by atoms with Gasteiger partial charge < -0.3 is 14.6 Å². The third-order valence-electron chi connectivity index (χ3n) is 11.2. The summed E-state index contributed by atoms with van der Waals surface area (Å²) in [4.78, 5) is 14.8. The molecule has 0 radical (unpaired) electrons. The normalized spacial score (nSPS) is 16.7. The Kier molecular flexibility index (Phi) is 32.9. The fourth-order valence-corrected chi connectivity index (χ4v) is 8.08. The minimum atomic E-state index is -0.0141. The molecule has 1 fully saturated rings. The molecule has 0 bridgehead atoms. The van der Waals surface area contributed by atoms with Crippen LogP contribution >= 0.6 is 0 Å². The van der Waals surface area contributed by atoms with E-state index in [4.69, 9.17) is 9.47 Å². The number of aliphatic hydroxyl groups excluding tert-OH is 1. The highest BCUT2D eigenvalue weighted by Crippen LogP contribution is 2.32. The number of hydrogen-bond donors (Lipinski definition) is 1. The number of likely N-dealkylation sites (tertiary alicyclic amines) is 1. The van der Waals surface area contributed by atoms with Crippen LogP contribution in [0.1, 0.15) is 226 Å². The van der Waals surface area contributed by atoms with Crippen molar-refractivity contribution < 1.29 is 19.4 Å². The summed E-state index contributed by atoms with van der Waals surface area (Å²) in [6, 6.07) is 0.554. The van der Waals surface area contributed by atoms with Crippen molar-refractivity contribution in [1.82, 2.24) is 4.90 Å². The van der Waals surface area contributed by atoms with Crippen LogP contribution in [-0.2, 0) is 14.3 Å². The van der Waals surface area contributed by atoms with Crippen LogP contribution in [0.3, 0.4) is 0 Å². The molecule has 1 saturated heterocycles. The Labute approximate surface area is 312 Å². The van der Waals surface area contributed by atoms with Gasteiger partial charge in [-0.25, -0.2) is 0 Å². The number of hydrogen-bond acceptors (Lipinski definition) is 5. The monoisotopic (exact) mass is 706 g/mol. The summed E-state index contributed by atoms with van der Waals surface area (Å²) in [5.41, 5.74) is 0. The second-order valence-electron chi connectivity index (χ2n) is 15.8. The van der Waals surface area contributed by atoms with Crippen LogP contribution in [0.4, 0.5) is 0 Å². The molecule has 296 valence electrons. The summed E-state index contributed by atoms with van der Waals surface area (Å²) in [5, 5.41) is 9.78. The van der Waals surface area contributed by atoms with Crippen molar-refractivity contribution >= 4 is 5.97 Å². The van der Waals surface area contributed by atoms with Crippen LogP contribution in [0.25, 0.3) is 0 Å². The van der Waals surface area contributed by atoms with Gasteiger partial charge in [0.15, 0.2) is 0 Å². The minimum Gasteiger partial charge on any atom is -0.495 e. The topological polar surface area (TPSA) is 59.0 Å². The first-order valence-electron chi connectivity index (χ1n) is 22.4. The largest absolute Gasteiger partial charge is 0.495 e. The maximum atomic E-state index is 12.3. The molecule has 50 heavy (non-hydrogen) atoms. The SMILES string of the molecule is C=C(CCCCCC1C(CCCCC(=O)OCCCCCCCCC)CCCN1CCO)OC(CCCCCCCC)CCCCCCCC. The fourth-order valence-electron chi connectivity index (χ4n) is 8.08. The first-order valence-corrected chi connectivity index (χ1v) is 22.4. The summed E-state index contributed by atoms with van der Waals surface area (Å²) >= 11 is 0. The van der Waals surface area contributed by atoms with E-state index in [9.17, 15) is 9.90 Å². The van der Waals surface area contributed by atoms with E-state index >= 15 is 0 Å². The molecule has 1 rings (SSSR count). The first kappa shape index (κ1) is 47.0. The van der Waals surface area contributed by atoms with Crippen LogP contribution in [0.15, 0.2) is 12.3 Å². The van der Waals surface area contributed by atoms with E-state index < -0.39 is 0 Å². The van der Waals surface area contributed by atoms with E-state index in [-0.39, 0.29) is 12.6 Å². The standard InChI is InChI=1S/C45H87NO4/c1-5-8-11-14-17-20-28-40-49-45(48)36-27-26-31-42-32-29-37-46(38-39-47)44(42)35-25-21-22-30-41(4)50-43(33-23-18-15-12-9-6-2)34-24-19-16-13-10-7-3/h42-44,47H,4-40H2,1-3H3. The smallest absolute Gasteiger partial charge is 0.305 e. The van der Waals surface area contributed by atoms with Crippen molar-refractivity contribution in [2.75, 3.05) is 26.3 Å². The predicted octanol–water partition coefficient (Wildman–Crippen LogP) is 13.3. The van der Waals surface area contributed by atoms with Gasteiger partial charge in [0.05, 0.1) is 25.1 Å². The molecule has 1 heterocycles. The molecular formula is C45H87NO4. The predicted molar refractivity (Wildman–Crippen MR) is 216 cm³/mol. The molecule has 1 aliphatic rings. The van der Waals surface area contributed by atoms with E-state index in [0.29, 0.717) is 31.1 Å². The van der Waals surface area contributed by atoms with Crippen LogP contribution in [0.5, 0.6) is 0 Å². The lowest BCUT2D eigenvalue weighted by Gasteiger charge is -2.41. The van der Waals surface area contributed by atoms with Gasteiger partial charge in [0.25, 0.3) is 0 Å². The van der Waals surface area contributed by atoms with E-state index in [1.165, 1.54) is 167 Å². The number of β-amino-alcohol motifs (C(OH)–C–C–N with tert-alkyl or cyclic N) is 1.